The molecule has 1 aromatic heterocycles. The largest absolute Gasteiger partial charge is 0.476 e. The lowest BCUT2D eigenvalue weighted by Crippen LogP contribution is -2.12. The minimum Gasteiger partial charge on any atom is -0.476 e. The molecule has 0 saturated heterocycles. The molecule has 2 heterocycles. The number of aromatic carboxylic acids is 1. The van der Waals surface area contributed by atoms with Crippen molar-refractivity contribution >= 4 is 23.3 Å². The van der Waals surface area contributed by atoms with Gasteiger partial charge in [0.25, 0.3) is 0 Å². The smallest absolute Gasteiger partial charge is 0.356 e. The van der Waals surface area contributed by atoms with Crippen molar-refractivity contribution in [3.05, 3.63) is 46.2 Å². The molecule has 0 amide bonds. The number of carboxylic acid groups (broad SMARTS) is 1. The number of aromatic nitrogens is 2. The third kappa shape index (κ3) is 2.34. The van der Waals surface area contributed by atoms with E-state index < -0.39 is 5.97 Å². The lowest BCUT2D eigenvalue weighted by molar-refractivity contribution is 0.0690. The maximum atomic E-state index is 11.1. The van der Waals surface area contributed by atoms with Gasteiger partial charge in [-0.25, -0.2) is 9.48 Å². The first-order valence-corrected chi connectivity index (χ1v) is 7.02. The Labute approximate surface area is 126 Å². The second-order valence-corrected chi connectivity index (χ2v) is 5.69. The zero-order valence-electron chi connectivity index (χ0n) is 11.7. The van der Waals surface area contributed by atoms with E-state index in [9.17, 15) is 4.79 Å². The van der Waals surface area contributed by atoms with Crippen LogP contribution in [0.2, 0.25) is 5.02 Å². The molecule has 0 aliphatic carbocycles. The first-order valence-electron chi connectivity index (χ1n) is 6.64. The minimum atomic E-state index is -1.04. The van der Waals surface area contributed by atoms with Gasteiger partial charge in [-0.15, -0.1) is 0 Å². The van der Waals surface area contributed by atoms with E-state index in [1.807, 2.05) is 12.1 Å². The molecule has 0 bridgehead atoms. The van der Waals surface area contributed by atoms with Gasteiger partial charge in [-0.2, -0.15) is 5.10 Å². The predicted molar refractivity (Wildman–Crippen MR) is 80.6 cm³/mol. The zero-order valence-corrected chi connectivity index (χ0v) is 12.4. The van der Waals surface area contributed by atoms with Gasteiger partial charge in [0.1, 0.15) is 0 Å². The molecule has 1 aromatic carbocycles. The topological polar surface area (TPSA) is 67.5 Å². The normalized spacial score (nSPS) is 13.4. The van der Waals surface area contributed by atoms with Crippen molar-refractivity contribution in [2.45, 2.75) is 20.4 Å². The lowest BCUT2D eigenvalue weighted by Gasteiger charge is -2.13. The lowest BCUT2D eigenvalue weighted by atomic mass is 9.98. The number of fused-ring (bicyclic) bond motifs is 3. The van der Waals surface area contributed by atoms with Crippen LogP contribution in [0.15, 0.2) is 29.3 Å². The number of halogens is 1. The third-order valence-corrected chi connectivity index (χ3v) is 3.66. The van der Waals surface area contributed by atoms with E-state index >= 15 is 0 Å². The van der Waals surface area contributed by atoms with E-state index in [0.717, 1.165) is 22.7 Å². The summed E-state index contributed by atoms with van der Waals surface area (Å²) in [6.07, 6.45) is 0. The second-order valence-electron chi connectivity index (χ2n) is 5.26. The maximum Gasteiger partial charge on any atom is 0.356 e. The number of rotatable bonds is 2. The number of carboxylic acids is 1. The van der Waals surface area contributed by atoms with Crippen molar-refractivity contribution in [1.82, 2.24) is 9.78 Å². The average Bonchev–Trinajstić information content (AvgIpc) is 2.77. The summed E-state index contributed by atoms with van der Waals surface area (Å²) in [4.78, 5) is 15.7. The van der Waals surface area contributed by atoms with Crippen LogP contribution in [0.3, 0.4) is 0 Å². The van der Waals surface area contributed by atoms with Gasteiger partial charge in [-0.05, 0) is 30.2 Å². The standard InChI is InChI=1S/C15H14ClN3O2/c1-8(2)14-11-5-9(16)3-4-13(11)19-10(7-17-14)6-12(18-19)15(20)21/h3-6,8H,7H2,1-2H3,(H,20,21). The molecular weight excluding hydrogens is 290 g/mol. The van der Waals surface area contributed by atoms with Crippen LogP contribution < -0.4 is 0 Å². The van der Waals surface area contributed by atoms with Crippen LogP contribution in [0, 0.1) is 5.92 Å². The van der Waals surface area contributed by atoms with Crippen LogP contribution in [0.5, 0.6) is 0 Å². The van der Waals surface area contributed by atoms with Crippen molar-refractivity contribution in [3.63, 3.8) is 0 Å². The van der Waals surface area contributed by atoms with Gasteiger partial charge in [0.15, 0.2) is 5.69 Å². The van der Waals surface area contributed by atoms with E-state index in [2.05, 4.69) is 23.9 Å². The molecule has 0 radical (unpaired) electrons. The van der Waals surface area contributed by atoms with Gasteiger partial charge < -0.3 is 5.11 Å². The number of hydrogen-bond acceptors (Lipinski definition) is 3. The highest BCUT2D eigenvalue weighted by Gasteiger charge is 2.22. The summed E-state index contributed by atoms with van der Waals surface area (Å²) in [6, 6.07) is 7.04. The van der Waals surface area contributed by atoms with E-state index in [1.165, 1.54) is 0 Å². The van der Waals surface area contributed by atoms with Gasteiger partial charge in [0.2, 0.25) is 0 Å². The maximum absolute atomic E-state index is 11.1. The SMILES string of the molecule is CC(C)C1=NCc2cc(C(=O)O)nn2-c2ccc(Cl)cc21. The van der Waals surface area contributed by atoms with Crippen LogP contribution in [-0.4, -0.2) is 26.6 Å². The molecule has 2 aromatic rings. The summed E-state index contributed by atoms with van der Waals surface area (Å²) in [5.41, 5.74) is 3.44. The van der Waals surface area contributed by atoms with Crippen molar-refractivity contribution in [3.8, 4) is 5.69 Å². The van der Waals surface area contributed by atoms with Gasteiger partial charge in [0, 0.05) is 16.3 Å². The fourth-order valence-electron chi connectivity index (χ4n) is 2.49. The molecule has 0 saturated carbocycles. The molecule has 5 nitrogen and oxygen atoms in total. The molecule has 1 N–H and O–H groups in total. The summed E-state index contributed by atoms with van der Waals surface area (Å²) in [5, 5.41) is 13.9. The fourth-order valence-corrected chi connectivity index (χ4v) is 2.66. The van der Waals surface area contributed by atoms with Crippen molar-refractivity contribution in [1.29, 1.82) is 0 Å². The van der Waals surface area contributed by atoms with Crippen LogP contribution in [0.25, 0.3) is 5.69 Å². The fraction of sp³-hybridized carbons (Fsp3) is 0.267. The van der Waals surface area contributed by atoms with Crippen LogP contribution >= 0.6 is 11.6 Å². The number of hydrogen-bond donors (Lipinski definition) is 1. The molecule has 0 atom stereocenters. The monoisotopic (exact) mass is 303 g/mol. The summed E-state index contributed by atoms with van der Waals surface area (Å²) < 4.78 is 1.65. The van der Waals surface area contributed by atoms with E-state index in [0.29, 0.717) is 11.6 Å². The van der Waals surface area contributed by atoms with E-state index in [1.54, 1.807) is 16.8 Å². The number of carbonyl (C=O) groups is 1. The number of aliphatic imine (C=N–C) groups is 1. The summed E-state index contributed by atoms with van der Waals surface area (Å²) in [7, 11) is 0. The van der Waals surface area contributed by atoms with E-state index in [4.69, 9.17) is 16.7 Å². The number of nitrogens with zero attached hydrogens (tertiary/aromatic N) is 3. The Morgan fingerprint density at radius 3 is 2.81 bits per heavy atom. The Hall–Kier alpha value is -2.14. The van der Waals surface area contributed by atoms with Crippen LogP contribution in [0.1, 0.15) is 35.6 Å². The highest BCUT2D eigenvalue weighted by atomic mass is 35.5. The molecule has 1 aliphatic heterocycles. The summed E-state index contributed by atoms with van der Waals surface area (Å²) >= 11 is 6.10. The van der Waals surface area contributed by atoms with Gasteiger partial charge >= 0.3 is 5.97 Å². The van der Waals surface area contributed by atoms with Crippen molar-refractivity contribution in [2.75, 3.05) is 0 Å². The van der Waals surface area contributed by atoms with Gasteiger partial charge in [-0.3, -0.25) is 4.99 Å². The molecule has 1 aliphatic rings. The first-order chi connectivity index (χ1) is 9.97. The molecular formula is C15H14ClN3O2. The molecule has 3 rings (SSSR count). The highest BCUT2D eigenvalue weighted by Crippen LogP contribution is 2.27. The molecule has 108 valence electrons. The third-order valence-electron chi connectivity index (χ3n) is 3.42. The average molecular weight is 304 g/mol. The van der Waals surface area contributed by atoms with Gasteiger partial charge in [0.05, 0.1) is 17.9 Å². The molecule has 0 spiro atoms. The molecule has 21 heavy (non-hydrogen) atoms. The van der Waals surface area contributed by atoms with Crippen molar-refractivity contribution in [2.24, 2.45) is 10.9 Å². The molecule has 0 unspecified atom stereocenters. The summed E-state index contributed by atoms with van der Waals surface area (Å²) in [5.74, 6) is -0.801. The summed E-state index contributed by atoms with van der Waals surface area (Å²) in [6.45, 7) is 4.54. The van der Waals surface area contributed by atoms with Crippen LogP contribution in [-0.2, 0) is 6.54 Å². The Balaban J connectivity index is 2.26. The second kappa shape index (κ2) is 5.00. The van der Waals surface area contributed by atoms with Gasteiger partial charge in [-0.1, -0.05) is 25.4 Å². The minimum absolute atomic E-state index is 0.0223. The number of benzene rings is 1. The Morgan fingerprint density at radius 2 is 2.14 bits per heavy atom. The Bertz CT molecular complexity index is 762. The highest BCUT2D eigenvalue weighted by molar-refractivity contribution is 6.31. The first kappa shape index (κ1) is 13.8. The molecule has 0 fully saturated rings. The van der Waals surface area contributed by atoms with Crippen LogP contribution in [0.4, 0.5) is 0 Å². The molecule has 6 heteroatoms. The van der Waals surface area contributed by atoms with Crippen molar-refractivity contribution < 1.29 is 9.90 Å². The Morgan fingerprint density at radius 1 is 1.38 bits per heavy atom. The predicted octanol–water partition coefficient (Wildman–Crippen LogP) is 3.18. The zero-order chi connectivity index (χ0) is 15.1. The van der Waals surface area contributed by atoms with E-state index in [-0.39, 0.29) is 11.6 Å². The quantitative estimate of drug-likeness (QED) is 0.926. The Kier molecular flexibility index (Phi) is 3.29.